The molecule has 1 saturated heterocycles. The van der Waals surface area contributed by atoms with Gasteiger partial charge in [0.1, 0.15) is 0 Å². The lowest BCUT2D eigenvalue weighted by molar-refractivity contribution is -0.105. The number of rotatable bonds is 4. The Bertz CT molecular complexity index is 420. The highest BCUT2D eigenvalue weighted by atomic mass is 16.1. The first-order chi connectivity index (χ1) is 8.70. The number of piperidine rings is 1. The minimum atomic E-state index is 0.145. The number of anilines is 1. The average Bonchev–Trinajstić information content (AvgIpc) is 2.40. The van der Waals surface area contributed by atoms with Crippen molar-refractivity contribution in [1.82, 2.24) is 4.90 Å². The molecule has 1 heterocycles. The van der Waals surface area contributed by atoms with Crippen LogP contribution >= 0.6 is 0 Å². The van der Waals surface area contributed by atoms with Crippen LogP contribution in [-0.4, -0.2) is 37.2 Å². The fourth-order valence-electron chi connectivity index (χ4n) is 2.31. The third kappa shape index (κ3) is 2.96. The van der Waals surface area contributed by atoms with Gasteiger partial charge < -0.3 is 10.2 Å². The smallest absolute Gasteiger partial charge is 0.211 e. The van der Waals surface area contributed by atoms with Crippen LogP contribution in [0.5, 0.6) is 0 Å². The van der Waals surface area contributed by atoms with Crippen molar-refractivity contribution in [2.75, 3.05) is 25.5 Å². The summed E-state index contributed by atoms with van der Waals surface area (Å²) in [5.74, 6) is 0.367. The first-order valence-electron chi connectivity index (χ1n) is 6.23. The van der Waals surface area contributed by atoms with E-state index in [9.17, 15) is 9.59 Å². The lowest BCUT2D eigenvalue weighted by Gasteiger charge is -2.28. The number of nitrogens with one attached hydrogen (secondary N) is 1. The Labute approximate surface area is 107 Å². The predicted molar refractivity (Wildman–Crippen MR) is 70.7 cm³/mol. The van der Waals surface area contributed by atoms with Gasteiger partial charge in [-0.05, 0) is 57.2 Å². The molecule has 1 aromatic carbocycles. The molecule has 4 heteroatoms. The Kier molecular flexibility index (Phi) is 4.10. The van der Waals surface area contributed by atoms with Crippen LogP contribution in [-0.2, 0) is 4.79 Å². The number of benzene rings is 1. The standard InChI is InChI=1S/C14H18N2O2/c1-16-8-6-12(7-9-16)14(18)11-2-4-13(5-3-11)15-10-17/h2-5,10,12H,6-9H2,1H3,(H,15,17). The molecule has 1 aliphatic rings. The van der Waals surface area contributed by atoms with Crippen molar-refractivity contribution in [1.29, 1.82) is 0 Å². The van der Waals surface area contributed by atoms with Gasteiger partial charge in [-0.3, -0.25) is 9.59 Å². The van der Waals surface area contributed by atoms with E-state index in [4.69, 9.17) is 0 Å². The fourth-order valence-corrected chi connectivity index (χ4v) is 2.31. The minimum Gasteiger partial charge on any atom is -0.329 e. The van der Waals surface area contributed by atoms with Gasteiger partial charge in [-0.2, -0.15) is 0 Å². The summed E-state index contributed by atoms with van der Waals surface area (Å²) in [6.07, 6.45) is 2.50. The number of ketones is 1. The number of amides is 1. The van der Waals surface area contributed by atoms with Crippen molar-refractivity contribution >= 4 is 17.9 Å². The summed E-state index contributed by atoms with van der Waals surface area (Å²) in [5, 5.41) is 2.56. The number of Topliss-reactive ketones (excluding diaryl/α,β-unsaturated/α-hetero) is 1. The highest BCUT2D eigenvalue weighted by Gasteiger charge is 2.24. The van der Waals surface area contributed by atoms with E-state index >= 15 is 0 Å². The van der Waals surface area contributed by atoms with Crippen molar-refractivity contribution in [3.05, 3.63) is 29.8 Å². The van der Waals surface area contributed by atoms with Gasteiger partial charge in [0.05, 0.1) is 0 Å². The molecule has 1 N–H and O–H groups in total. The van der Waals surface area contributed by atoms with Gasteiger partial charge in [-0.25, -0.2) is 0 Å². The molecule has 0 unspecified atom stereocenters. The van der Waals surface area contributed by atoms with E-state index in [1.807, 2.05) is 0 Å². The molecule has 2 rings (SSSR count). The van der Waals surface area contributed by atoms with Crippen LogP contribution in [0.15, 0.2) is 24.3 Å². The van der Waals surface area contributed by atoms with Crippen molar-refractivity contribution in [2.24, 2.45) is 5.92 Å². The molecule has 0 bridgehead atoms. The van der Waals surface area contributed by atoms with Crippen LogP contribution in [0, 0.1) is 5.92 Å². The summed E-state index contributed by atoms with van der Waals surface area (Å²) in [7, 11) is 2.08. The zero-order valence-corrected chi connectivity index (χ0v) is 10.6. The maximum atomic E-state index is 12.3. The molecule has 0 spiro atoms. The molecule has 0 radical (unpaired) electrons. The summed E-state index contributed by atoms with van der Waals surface area (Å²) in [5.41, 5.74) is 1.45. The number of carbonyl (C=O) groups excluding carboxylic acids is 2. The van der Waals surface area contributed by atoms with Crippen LogP contribution < -0.4 is 5.32 Å². The van der Waals surface area contributed by atoms with E-state index in [2.05, 4.69) is 17.3 Å². The zero-order chi connectivity index (χ0) is 13.0. The number of likely N-dealkylation sites (tertiary alicyclic amines) is 1. The lowest BCUT2D eigenvalue weighted by Crippen LogP contribution is -2.33. The fraction of sp³-hybridized carbons (Fsp3) is 0.429. The normalized spacial score (nSPS) is 17.4. The Balaban J connectivity index is 2.02. The quantitative estimate of drug-likeness (QED) is 0.650. The highest BCUT2D eigenvalue weighted by Crippen LogP contribution is 2.21. The van der Waals surface area contributed by atoms with Crippen molar-refractivity contribution in [3.63, 3.8) is 0 Å². The Morgan fingerprint density at radius 1 is 1.28 bits per heavy atom. The molecule has 0 atom stereocenters. The molecule has 0 aromatic heterocycles. The second-order valence-electron chi connectivity index (χ2n) is 4.78. The molecule has 18 heavy (non-hydrogen) atoms. The van der Waals surface area contributed by atoms with Gasteiger partial charge in [0.25, 0.3) is 0 Å². The van der Waals surface area contributed by atoms with Crippen LogP contribution in [0.25, 0.3) is 0 Å². The maximum absolute atomic E-state index is 12.3. The van der Waals surface area contributed by atoms with E-state index in [0.717, 1.165) is 31.5 Å². The van der Waals surface area contributed by atoms with Crippen molar-refractivity contribution in [2.45, 2.75) is 12.8 Å². The van der Waals surface area contributed by atoms with Crippen LogP contribution in [0.1, 0.15) is 23.2 Å². The van der Waals surface area contributed by atoms with E-state index in [1.165, 1.54) is 0 Å². The van der Waals surface area contributed by atoms with Crippen molar-refractivity contribution < 1.29 is 9.59 Å². The van der Waals surface area contributed by atoms with Crippen LogP contribution in [0.4, 0.5) is 5.69 Å². The number of hydrogen-bond acceptors (Lipinski definition) is 3. The van der Waals surface area contributed by atoms with Crippen LogP contribution in [0.2, 0.25) is 0 Å². The first-order valence-corrected chi connectivity index (χ1v) is 6.23. The zero-order valence-electron chi connectivity index (χ0n) is 10.6. The first kappa shape index (κ1) is 12.8. The Morgan fingerprint density at radius 3 is 2.44 bits per heavy atom. The summed E-state index contributed by atoms with van der Waals surface area (Å²) >= 11 is 0. The molecule has 1 fully saturated rings. The molecule has 0 saturated carbocycles. The second kappa shape index (κ2) is 5.78. The van der Waals surface area contributed by atoms with E-state index in [-0.39, 0.29) is 11.7 Å². The molecule has 1 aliphatic heterocycles. The monoisotopic (exact) mass is 246 g/mol. The molecule has 4 nitrogen and oxygen atoms in total. The Morgan fingerprint density at radius 2 is 1.89 bits per heavy atom. The number of nitrogens with zero attached hydrogens (tertiary/aromatic N) is 1. The van der Waals surface area contributed by atoms with Crippen LogP contribution in [0.3, 0.4) is 0 Å². The summed E-state index contributed by atoms with van der Waals surface area (Å²) in [6.45, 7) is 1.97. The van der Waals surface area contributed by atoms with Gasteiger partial charge in [0.2, 0.25) is 6.41 Å². The molecule has 0 aliphatic carbocycles. The number of carbonyl (C=O) groups is 2. The minimum absolute atomic E-state index is 0.145. The lowest BCUT2D eigenvalue weighted by atomic mass is 9.89. The van der Waals surface area contributed by atoms with E-state index < -0.39 is 0 Å². The highest BCUT2D eigenvalue weighted by molar-refractivity contribution is 5.98. The van der Waals surface area contributed by atoms with Gasteiger partial charge in [-0.1, -0.05) is 0 Å². The molecule has 1 aromatic rings. The van der Waals surface area contributed by atoms with Gasteiger partial charge in [0, 0.05) is 17.2 Å². The summed E-state index contributed by atoms with van der Waals surface area (Å²) in [6, 6.07) is 7.09. The van der Waals surface area contributed by atoms with Gasteiger partial charge in [0.15, 0.2) is 5.78 Å². The molecular formula is C14H18N2O2. The topological polar surface area (TPSA) is 49.4 Å². The second-order valence-corrected chi connectivity index (χ2v) is 4.78. The van der Waals surface area contributed by atoms with E-state index in [1.54, 1.807) is 24.3 Å². The Hall–Kier alpha value is -1.68. The molecular weight excluding hydrogens is 228 g/mol. The van der Waals surface area contributed by atoms with Gasteiger partial charge in [-0.15, -0.1) is 0 Å². The SMILES string of the molecule is CN1CCC(C(=O)c2ccc(NC=O)cc2)CC1. The summed E-state index contributed by atoms with van der Waals surface area (Å²) < 4.78 is 0. The van der Waals surface area contributed by atoms with Gasteiger partial charge >= 0.3 is 0 Å². The molecule has 1 amide bonds. The van der Waals surface area contributed by atoms with Crippen molar-refractivity contribution in [3.8, 4) is 0 Å². The average molecular weight is 246 g/mol. The maximum Gasteiger partial charge on any atom is 0.211 e. The third-order valence-corrected chi connectivity index (χ3v) is 3.48. The molecule has 96 valence electrons. The van der Waals surface area contributed by atoms with E-state index in [0.29, 0.717) is 12.1 Å². The summed E-state index contributed by atoms with van der Waals surface area (Å²) in [4.78, 5) is 24.8. The third-order valence-electron chi connectivity index (χ3n) is 3.48. The number of hydrogen-bond donors (Lipinski definition) is 1. The largest absolute Gasteiger partial charge is 0.329 e. The predicted octanol–water partition coefficient (Wildman–Crippen LogP) is 1.78.